The standard InChI is InChI=1S/C14H21N3O/c1-3-4-14(18)13-6-8-17(11-13)7-5-12-9-15-16(2)10-12/h6,8-11,14,18H,3-5,7H2,1-2H3. The normalized spacial score (nSPS) is 12.8. The molecule has 1 N–H and O–H groups in total. The van der Waals surface area contributed by atoms with Gasteiger partial charge in [-0.15, -0.1) is 0 Å². The van der Waals surface area contributed by atoms with Crippen molar-refractivity contribution in [1.29, 1.82) is 0 Å². The van der Waals surface area contributed by atoms with Crippen LogP contribution in [0.15, 0.2) is 30.9 Å². The zero-order valence-electron chi connectivity index (χ0n) is 11.1. The Labute approximate surface area is 108 Å². The number of aliphatic hydroxyl groups excluding tert-OH is 1. The summed E-state index contributed by atoms with van der Waals surface area (Å²) in [7, 11) is 1.93. The van der Waals surface area contributed by atoms with Gasteiger partial charge in [-0.25, -0.2) is 0 Å². The van der Waals surface area contributed by atoms with E-state index in [1.165, 1.54) is 5.56 Å². The van der Waals surface area contributed by atoms with E-state index in [1.54, 1.807) is 0 Å². The largest absolute Gasteiger partial charge is 0.388 e. The minimum atomic E-state index is -0.324. The van der Waals surface area contributed by atoms with E-state index in [2.05, 4.69) is 16.6 Å². The third kappa shape index (κ3) is 3.23. The molecule has 1 atom stereocenters. The van der Waals surface area contributed by atoms with E-state index in [-0.39, 0.29) is 6.10 Å². The van der Waals surface area contributed by atoms with E-state index in [4.69, 9.17) is 0 Å². The van der Waals surface area contributed by atoms with Gasteiger partial charge >= 0.3 is 0 Å². The summed E-state index contributed by atoms with van der Waals surface area (Å²) in [6.45, 7) is 3.01. The monoisotopic (exact) mass is 247 g/mol. The Bertz CT molecular complexity index is 487. The van der Waals surface area contributed by atoms with Crippen LogP contribution in [0.3, 0.4) is 0 Å². The highest BCUT2D eigenvalue weighted by Gasteiger charge is 2.07. The summed E-state index contributed by atoms with van der Waals surface area (Å²) in [4.78, 5) is 0. The van der Waals surface area contributed by atoms with Crippen molar-refractivity contribution in [2.45, 2.75) is 38.8 Å². The molecule has 4 heteroatoms. The summed E-state index contributed by atoms with van der Waals surface area (Å²) in [5, 5.41) is 14.0. The highest BCUT2D eigenvalue weighted by Crippen LogP contribution is 2.18. The first-order valence-electron chi connectivity index (χ1n) is 6.50. The van der Waals surface area contributed by atoms with E-state index in [0.717, 1.165) is 31.4 Å². The topological polar surface area (TPSA) is 43.0 Å². The zero-order valence-corrected chi connectivity index (χ0v) is 11.1. The van der Waals surface area contributed by atoms with Crippen LogP contribution in [0.2, 0.25) is 0 Å². The molecule has 0 radical (unpaired) electrons. The lowest BCUT2D eigenvalue weighted by molar-refractivity contribution is 0.166. The molecule has 0 fully saturated rings. The first kappa shape index (κ1) is 12.9. The number of rotatable bonds is 6. The number of aromatic nitrogens is 3. The first-order chi connectivity index (χ1) is 8.69. The van der Waals surface area contributed by atoms with Crippen molar-refractivity contribution in [3.05, 3.63) is 42.0 Å². The van der Waals surface area contributed by atoms with Gasteiger partial charge in [0.25, 0.3) is 0 Å². The highest BCUT2D eigenvalue weighted by atomic mass is 16.3. The summed E-state index contributed by atoms with van der Waals surface area (Å²) >= 11 is 0. The number of hydrogen-bond acceptors (Lipinski definition) is 2. The molecule has 0 aliphatic rings. The minimum Gasteiger partial charge on any atom is -0.388 e. The molecule has 0 spiro atoms. The van der Waals surface area contributed by atoms with Crippen LogP contribution in [0.4, 0.5) is 0 Å². The van der Waals surface area contributed by atoms with Crippen molar-refractivity contribution in [3.63, 3.8) is 0 Å². The third-order valence-corrected chi connectivity index (χ3v) is 3.14. The Hall–Kier alpha value is -1.55. The van der Waals surface area contributed by atoms with Crippen LogP contribution in [-0.2, 0) is 20.0 Å². The average molecular weight is 247 g/mol. The Balaban J connectivity index is 1.90. The van der Waals surface area contributed by atoms with Crippen LogP contribution in [0.25, 0.3) is 0 Å². The summed E-state index contributed by atoms with van der Waals surface area (Å²) in [5.41, 5.74) is 2.25. The van der Waals surface area contributed by atoms with Gasteiger partial charge in [0.15, 0.2) is 0 Å². The van der Waals surface area contributed by atoms with Crippen LogP contribution in [0.1, 0.15) is 37.0 Å². The van der Waals surface area contributed by atoms with Crippen molar-refractivity contribution < 1.29 is 5.11 Å². The molecule has 2 heterocycles. The molecule has 98 valence electrons. The molecular weight excluding hydrogens is 226 g/mol. The zero-order chi connectivity index (χ0) is 13.0. The summed E-state index contributed by atoms with van der Waals surface area (Å²) in [6, 6.07) is 2.00. The summed E-state index contributed by atoms with van der Waals surface area (Å²) in [5.74, 6) is 0. The molecular formula is C14H21N3O. The fourth-order valence-electron chi connectivity index (χ4n) is 2.09. The number of aryl methyl sites for hydroxylation is 3. The maximum absolute atomic E-state index is 9.90. The van der Waals surface area contributed by atoms with Gasteiger partial charge in [0.1, 0.15) is 0 Å². The number of aliphatic hydroxyl groups is 1. The fraction of sp³-hybridized carbons (Fsp3) is 0.500. The molecule has 0 amide bonds. The smallest absolute Gasteiger partial charge is 0.0804 e. The van der Waals surface area contributed by atoms with Crippen molar-refractivity contribution in [2.75, 3.05) is 0 Å². The molecule has 18 heavy (non-hydrogen) atoms. The molecule has 2 rings (SSSR count). The SMILES string of the molecule is CCCC(O)c1ccn(CCc2cnn(C)c2)c1. The van der Waals surface area contributed by atoms with Crippen molar-refractivity contribution >= 4 is 0 Å². The fourth-order valence-corrected chi connectivity index (χ4v) is 2.09. The molecule has 0 aliphatic carbocycles. The number of nitrogens with zero attached hydrogens (tertiary/aromatic N) is 3. The van der Waals surface area contributed by atoms with Crippen LogP contribution in [0, 0.1) is 0 Å². The van der Waals surface area contributed by atoms with Gasteiger partial charge in [-0.1, -0.05) is 13.3 Å². The van der Waals surface area contributed by atoms with E-state index < -0.39 is 0 Å². The molecule has 0 saturated heterocycles. The molecule has 0 aromatic carbocycles. The Morgan fingerprint density at radius 2 is 2.22 bits per heavy atom. The van der Waals surface area contributed by atoms with Crippen molar-refractivity contribution in [3.8, 4) is 0 Å². The van der Waals surface area contributed by atoms with Crippen LogP contribution < -0.4 is 0 Å². The molecule has 2 aromatic heterocycles. The average Bonchev–Trinajstić information content (AvgIpc) is 2.95. The molecule has 0 aliphatic heterocycles. The summed E-state index contributed by atoms with van der Waals surface area (Å²) in [6.07, 6.45) is 10.5. The van der Waals surface area contributed by atoms with Crippen molar-refractivity contribution in [2.24, 2.45) is 7.05 Å². The molecule has 1 unspecified atom stereocenters. The van der Waals surface area contributed by atoms with E-state index in [1.807, 2.05) is 42.6 Å². The Morgan fingerprint density at radius 1 is 1.39 bits per heavy atom. The summed E-state index contributed by atoms with van der Waals surface area (Å²) < 4.78 is 3.95. The second kappa shape index (κ2) is 5.87. The van der Waals surface area contributed by atoms with Gasteiger partial charge in [-0.05, 0) is 30.0 Å². The molecule has 2 aromatic rings. The van der Waals surface area contributed by atoms with Crippen molar-refractivity contribution in [1.82, 2.24) is 14.3 Å². The highest BCUT2D eigenvalue weighted by molar-refractivity contribution is 5.14. The van der Waals surface area contributed by atoms with Crippen LogP contribution in [-0.4, -0.2) is 19.5 Å². The third-order valence-electron chi connectivity index (χ3n) is 3.14. The quantitative estimate of drug-likeness (QED) is 0.851. The van der Waals surface area contributed by atoms with E-state index in [9.17, 15) is 5.11 Å². The maximum Gasteiger partial charge on any atom is 0.0804 e. The lowest BCUT2D eigenvalue weighted by Gasteiger charge is -2.06. The maximum atomic E-state index is 9.90. The van der Waals surface area contributed by atoms with E-state index >= 15 is 0 Å². The molecule has 0 saturated carbocycles. The lowest BCUT2D eigenvalue weighted by Crippen LogP contribution is -1.99. The van der Waals surface area contributed by atoms with Gasteiger partial charge in [0.2, 0.25) is 0 Å². The second-order valence-electron chi connectivity index (χ2n) is 4.76. The predicted molar refractivity (Wildman–Crippen MR) is 71.2 cm³/mol. The van der Waals surface area contributed by atoms with Gasteiger partial charge in [-0.3, -0.25) is 4.68 Å². The lowest BCUT2D eigenvalue weighted by atomic mass is 10.1. The Kier molecular flexibility index (Phi) is 4.20. The second-order valence-corrected chi connectivity index (χ2v) is 4.76. The Morgan fingerprint density at radius 3 is 2.89 bits per heavy atom. The van der Waals surface area contributed by atoms with Crippen LogP contribution >= 0.6 is 0 Å². The van der Waals surface area contributed by atoms with Gasteiger partial charge in [-0.2, -0.15) is 5.10 Å². The van der Waals surface area contributed by atoms with Crippen LogP contribution in [0.5, 0.6) is 0 Å². The van der Waals surface area contributed by atoms with E-state index in [0.29, 0.717) is 0 Å². The van der Waals surface area contributed by atoms with Gasteiger partial charge < -0.3 is 9.67 Å². The molecule has 4 nitrogen and oxygen atoms in total. The first-order valence-corrected chi connectivity index (χ1v) is 6.50. The number of hydrogen-bond donors (Lipinski definition) is 1. The van der Waals surface area contributed by atoms with Gasteiger partial charge in [0, 0.05) is 32.2 Å². The van der Waals surface area contributed by atoms with Gasteiger partial charge in [0.05, 0.1) is 12.3 Å². The minimum absolute atomic E-state index is 0.324. The predicted octanol–water partition coefficient (Wildman–Crippen LogP) is 2.30. The molecule has 0 bridgehead atoms.